The first-order valence-corrected chi connectivity index (χ1v) is 7.61. The minimum atomic E-state index is 0.0381. The van der Waals surface area contributed by atoms with Gasteiger partial charge in [-0.3, -0.25) is 4.79 Å². The van der Waals surface area contributed by atoms with Gasteiger partial charge in [0, 0.05) is 0 Å². The second kappa shape index (κ2) is 6.71. The molecule has 0 amide bonds. The van der Waals surface area contributed by atoms with E-state index in [1.54, 1.807) is 0 Å². The number of hydrogen-bond donors (Lipinski definition) is 0. The number of halogens is 1. The fourth-order valence-corrected chi connectivity index (χ4v) is 2.24. The molecule has 20 heavy (non-hydrogen) atoms. The van der Waals surface area contributed by atoms with E-state index in [9.17, 15) is 4.79 Å². The van der Waals surface area contributed by atoms with Crippen molar-refractivity contribution in [1.29, 1.82) is 0 Å². The van der Waals surface area contributed by atoms with Gasteiger partial charge in [-0.25, -0.2) is 0 Å². The average Bonchev–Trinajstić information content (AvgIpc) is 2.48. The number of carbonyl (C=O) groups is 1. The standard InChI is InChI=1S/C17H17BrO2/c1-12-8-15(16(19)10-18)17(9-13(12)2)20-11-14-6-4-3-5-7-14/h3-9H,10-11H2,1-2H3. The summed E-state index contributed by atoms with van der Waals surface area (Å²) < 4.78 is 5.84. The van der Waals surface area contributed by atoms with E-state index in [1.807, 2.05) is 56.3 Å². The van der Waals surface area contributed by atoms with Gasteiger partial charge in [-0.05, 0) is 42.7 Å². The van der Waals surface area contributed by atoms with Crippen LogP contribution in [0, 0.1) is 13.8 Å². The highest BCUT2D eigenvalue weighted by atomic mass is 79.9. The molecule has 0 atom stereocenters. The van der Waals surface area contributed by atoms with E-state index in [0.717, 1.165) is 16.7 Å². The second-order valence-corrected chi connectivity index (χ2v) is 5.32. The molecule has 0 spiro atoms. The first kappa shape index (κ1) is 14.8. The lowest BCUT2D eigenvalue weighted by atomic mass is 10.0. The Kier molecular flexibility index (Phi) is 4.96. The monoisotopic (exact) mass is 332 g/mol. The molecule has 0 bridgehead atoms. The highest BCUT2D eigenvalue weighted by Gasteiger charge is 2.13. The summed E-state index contributed by atoms with van der Waals surface area (Å²) in [6.07, 6.45) is 0. The summed E-state index contributed by atoms with van der Waals surface area (Å²) in [5.41, 5.74) is 3.95. The van der Waals surface area contributed by atoms with Crippen LogP contribution in [0.2, 0.25) is 0 Å². The molecule has 0 saturated heterocycles. The lowest BCUT2D eigenvalue weighted by molar-refractivity contribution is 0.101. The Morgan fingerprint density at radius 2 is 1.75 bits per heavy atom. The molecule has 0 radical (unpaired) electrons. The van der Waals surface area contributed by atoms with Crippen LogP contribution in [0.5, 0.6) is 5.75 Å². The third-order valence-corrected chi connectivity index (χ3v) is 3.76. The number of Topliss-reactive ketones (excluding diaryl/α,β-unsaturated/α-hetero) is 1. The van der Waals surface area contributed by atoms with Crippen LogP contribution in [0.4, 0.5) is 0 Å². The van der Waals surface area contributed by atoms with Crippen LogP contribution in [0.3, 0.4) is 0 Å². The van der Waals surface area contributed by atoms with Gasteiger partial charge in [0.05, 0.1) is 10.9 Å². The number of ether oxygens (including phenoxy) is 1. The Hall–Kier alpha value is -1.61. The van der Waals surface area contributed by atoms with Crippen LogP contribution in [-0.4, -0.2) is 11.1 Å². The number of benzene rings is 2. The Morgan fingerprint density at radius 1 is 1.10 bits per heavy atom. The van der Waals surface area contributed by atoms with Crippen LogP contribution < -0.4 is 4.74 Å². The van der Waals surface area contributed by atoms with Gasteiger partial charge in [0.2, 0.25) is 0 Å². The number of aryl methyl sites for hydroxylation is 2. The van der Waals surface area contributed by atoms with E-state index < -0.39 is 0 Å². The molecule has 0 heterocycles. The summed E-state index contributed by atoms with van der Waals surface area (Å²) in [7, 11) is 0. The molecule has 2 nitrogen and oxygen atoms in total. The molecular formula is C17H17BrO2. The van der Waals surface area contributed by atoms with Crippen molar-refractivity contribution in [1.82, 2.24) is 0 Å². The molecule has 0 fully saturated rings. The van der Waals surface area contributed by atoms with Crippen molar-refractivity contribution in [3.05, 3.63) is 64.7 Å². The molecule has 2 rings (SSSR count). The quantitative estimate of drug-likeness (QED) is 0.596. The van der Waals surface area contributed by atoms with Gasteiger partial charge in [-0.1, -0.05) is 46.3 Å². The van der Waals surface area contributed by atoms with E-state index in [1.165, 1.54) is 0 Å². The van der Waals surface area contributed by atoms with E-state index in [-0.39, 0.29) is 5.78 Å². The van der Waals surface area contributed by atoms with Crippen molar-refractivity contribution >= 4 is 21.7 Å². The van der Waals surface area contributed by atoms with Gasteiger partial charge in [0.15, 0.2) is 5.78 Å². The van der Waals surface area contributed by atoms with Gasteiger partial charge < -0.3 is 4.74 Å². The van der Waals surface area contributed by atoms with Crippen LogP contribution >= 0.6 is 15.9 Å². The SMILES string of the molecule is Cc1cc(OCc2ccccc2)c(C(=O)CBr)cc1C. The summed E-state index contributed by atoms with van der Waals surface area (Å²) in [5, 5.41) is 0.303. The predicted octanol–water partition coefficient (Wildman–Crippen LogP) is 4.46. The first-order valence-electron chi connectivity index (χ1n) is 6.49. The lowest BCUT2D eigenvalue weighted by Crippen LogP contribution is -2.06. The zero-order valence-corrected chi connectivity index (χ0v) is 13.2. The molecule has 0 saturated carbocycles. The van der Waals surface area contributed by atoms with Crippen molar-refractivity contribution in [3.8, 4) is 5.75 Å². The van der Waals surface area contributed by atoms with Crippen molar-refractivity contribution in [2.75, 3.05) is 5.33 Å². The van der Waals surface area contributed by atoms with E-state index >= 15 is 0 Å². The first-order chi connectivity index (χ1) is 9.61. The summed E-state index contributed by atoms with van der Waals surface area (Å²) in [6.45, 7) is 4.49. The van der Waals surface area contributed by atoms with Crippen molar-refractivity contribution in [2.24, 2.45) is 0 Å². The molecular weight excluding hydrogens is 316 g/mol. The van der Waals surface area contributed by atoms with Crippen molar-refractivity contribution in [2.45, 2.75) is 20.5 Å². The van der Waals surface area contributed by atoms with Crippen LogP contribution in [0.25, 0.3) is 0 Å². The van der Waals surface area contributed by atoms with Crippen LogP contribution in [-0.2, 0) is 6.61 Å². The van der Waals surface area contributed by atoms with Gasteiger partial charge in [-0.2, -0.15) is 0 Å². The molecule has 0 aliphatic carbocycles. The second-order valence-electron chi connectivity index (χ2n) is 4.76. The number of rotatable bonds is 5. The molecule has 3 heteroatoms. The molecule has 2 aromatic carbocycles. The Labute approximate surface area is 127 Å². The minimum Gasteiger partial charge on any atom is -0.488 e. The molecule has 0 unspecified atom stereocenters. The largest absolute Gasteiger partial charge is 0.488 e. The summed E-state index contributed by atoms with van der Waals surface area (Å²) >= 11 is 3.22. The van der Waals surface area contributed by atoms with Gasteiger partial charge in [0.1, 0.15) is 12.4 Å². The molecule has 0 aliphatic rings. The third-order valence-electron chi connectivity index (χ3n) is 3.25. The van der Waals surface area contributed by atoms with Crippen LogP contribution in [0.1, 0.15) is 27.0 Å². The third kappa shape index (κ3) is 3.48. The fraction of sp³-hybridized carbons (Fsp3) is 0.235. The Morgan fingerprint density at radius 3 is 2.40 bits per heavy atom. The molecule has 0 aromatic heterocycles. The Balaban J connectivity index is 2.26. The number of hydrogen-bond acceptors (Lipinski definition) is 2. The van der Waals surface area contributed by atoms with Crippen LogP contribution in [0.15, 0.2) is 42.5 Å². The number of alkyl halides is 1. The average molecular weight is 333 g/mol. The van der Waals surface area contributed by atoms with Crippen molar-refractivity contribution < 1.29 is 9.53 Å². The normalized spacial score (nSPS) is 10.3. The fourth-order valence-electron chi connectivity index (χ4n) is 1.93. The van der Waals surface area contributed by atoms with E-state index in [4.69, 9.17) is 4.74 Å². The van der Waals surface area contributed by atoms with Gasteiger partial charge >= 0.3 is 0 Å². The minimum absolute atomic E-state index is 0.0381. The number of ketones is 1. The lowest BCUT2D eigenvalue weighted by Gasteiger charge is -2.13. The molecule has 2 aromatic rings. The molecule has 104 valence electrons. The highest BCUT2D eigenvalue weighted by molar-refractivity contribution is 9.09. The van der Waals surface area contributed by atoms with Gasteiger partial charge in [0.25, 0.3) is 0 Å². The number of carbonyl (C=O) groups excluding carboxylic acids is 1. The zero-order valence-electron chi connectivity index (χ0n) is 11.7. The molecule has 0 aliphatic heterocycles. The maximum atomic E-state index is 12.0. The topological polar surface area (TPSA) is 26.3 Å². The summed E-state index contributed by atoms with van der Waals surface area (Å²) in [5.74, 6) is 0.692. The Bertz CT molecular complexity index is 606. The predicted molar refractivity (Wildman–Crippen MR) is 84.8 cm³/mol. The van der Waals surface area contributed by atoms with E-state index in [0.29, 0.717) is 23.2 Å². The molecule has 0 N–H and O–H groups in total. The highest BCUT2D eigenvalue weighted by Crippen LogP contribution is 2.25. The van der Waals surface area contributed by atoms with Crippen molar-refractivity contribution in [3.63, 3.8) is 0 Å². The maximum absolute atomic E-state index is 12.0. The summed E-state index contributed by atoms with van der Waals surface area (Å²) in [6, 6.07) is 13.8. The zero-order chi connectivity index (χ0) is 14.5. The van der Waals surface area contributed by atoms with Gasteiger partial charge in [-0.15, -0.1) is 0 Å². The summed E-state index contributed by atoms with van der Waals surface area (Å²) in [4.78, 5) is 12.0. The smallest absolute Gasteiger partial charge is 0.177 e. The van der Waals surface area contributed by atoms with E-state index in [2.05, 4.69) is 15.9 Å². The maximum Gasteiger partial charge on any atom is 0.177 e.